The zero-order valence-electron chi connectivity index (χ0n) is 9.81. The largest absolute Gasteiger partial charge is 0.481 e. The number of amides is 1. The zero-order valence-corrected chi connectivity index (χ0v) is 11.4. The molecule has 1 aromatic carbocycles. The smallest absolute Gasteiger partial charge is 0.308 e. The summed E-state index contributed by atoms with van der Waals surface area (Å²) >= 11 is 3.34. The number of hydrogen-bond acceptors (Lipinski definition) is 3. The van der Waals surface area contributed by atoms with Crippen LogP contribution in [0.3, 0.4) is 0 Å². The molecule has 0 radical (unpaired) electrons. The number of carbonyl (C=O) groups excluding carboxylic acids is 1. The summed E-state index contributed by atoms with van der Waals surface area (Å²) in [6, 6.07) is 5.55. The summed E-state index contributed by atoms with van der Waals surface area (Å²) in [5.41, 5.74) is 1.56. The van der Waals surface area contributed by atoms with Crippen molar-refractivity contribution in [3.8, 4) is 0 Å². The van der Waals surface area contributed by atoms with Gasteiger partial charge in [0.1, 0.15) is 0 Å². The number of anilines is 2. The minimum absolute atomic E-state index is 0.127. The molecule has 96 valence electrons. The highest BCUT2D eigenvalue weighted by molar-refractivity contribution is 9.10. The normalized spacial score (nSPS) is 15.9. The maximum absolute atomic E-state index is 11.6. The van der Waals surface area contributed by atoms with Gasteiger partial charge in [0, 0.05) is 11.0 Å². The van der Waals surface area contributed by atoms with E-state index in [-0.39, 0.29) is 12.5 Å². The quantitative estimate of drug-likeness (QED) is 0.894. The Bertz CT molecular complexity index is 504. The van der Waals surface area contributed by atoms with Crippen LogP contribution in [0.1, 0.15) is 6.92 Å². The van der Waals surface area contributed by atoms with E-state index in [4.69, 9.17) is 5.11 Å². The van der Waals surface area contributed by atoms with Gasteiger partial charge in [-0.25, -0.2) is 0 Å². The number of carboxylic acid groups (broad SMARTS) is 1. The average molecular weight is 313 g/mol. The summed E-state index contributed by atoms with van der Waals surface area (Å²) in [6.45, 7) is 2.14. The standard InChI is InChI=1S/C12H13BrN2O3/c1-7(12(17)18)5-15-6-11(16)14-9-4-8(13)2-3-10(9)15/h2-4,7H,5-6H2,1H3,(H,14,16)(H,17,18). The van der Waals surface area contributed by atoms with Gasteiger partial charge in [0.25, 0.3) is 0 Å². The van der Waals surface area contributed by atoms with Gasteiger partial charge in [-0.05, 0) is 18.2 Å². The molecule has 1 unspecified atom stereocenters. The first-order valence-corrected chi connectivity index (χ1v) is 6.34. The fraction of sp³-hybridized carbons (Fsp3) is 0.333. The second-order valence-corrected chi connectivity index (χ2v) is 5.25. The average Bonchev–Trinajstić information content (AvgIpc) is 2.27. The SMILES string of the molecule is CC(CN1CC(=O)Nc2cc(Br)ccc21)C(=O)O. The molecule has 0 bridgehead atoms. The van der Waals surface area contributed by atoms with E-state index >= 15 is 0 Å². The number of carboxylic acids is 1. The first kappa shape index (κ1) is 12.9. The van der Waals surface area contributed by atoms with Crippen LogP contribution in [0.4, 0.5) is 11.4 Å². The summed E-state index contributed by atoms with van der Waals surface area (Å²) in [7, 11) is 0. The highest BCUT2D eigenvalue weighted by Gasteiger charge is 2.25. The third-order valence-electron chi connectivity index (χ3n) is 2.82. The van der Waals surface area contributed by atoms with Gasteiger partial charge in [0.2, 0.25) is 5.91 Å². The van der Waals surface area contributed by atoms with Crippen molar-refractivity contribution >= 4 is 39.2 Å². The van der Waals surface area contributed by atoms with E-state index in [0.29, 0.717) is 12.2 Å². The zero-order chi connectivity index (χ0) is 13.3. The molecule has 0 aliphatic carbocycles. The molecule has 0 saturated carbocycles. The Labute approximate surface area is 113 Å². The Kier molecular flexibility index (Phi) is 3.56. The molecule has 1 amide bonds. The van der Waals surface area contributed by atoms with E-state index in [1.807, 2.05) is 18.2 Å². The second-order valence-electron chi connectivity index (χ2n) is 4.33. The molecule has 1 aliphatic heterocycles. The van der Waals surface area contributed by atoms with Gasteiger partial charge >= 0.3 is 5.97 Å². The Morgan fingerprint density at radius 1 is 1.61 bits per heavy atom. The molecule has 5 nitrogen and oxygen atoms in total. The lowest BCUT2D eigenvalue weighted by Gasteiger charge is -2.32. The van der Waals surface area contributed by atoms with Gasteiger partial charge in [0.05, 0.1) is 23.8 Å². The molecule has 1 atom stereocenters. The number of carbonyl (C=O) groups is 2. The fourth-order valence-corrected chi connectivity index (χ4v) is 2.27. The van der Waals surface area contributed by atoms with Crippen LogP contribution in [-0.2, 0) is 9.59 Å². The van der Waals surface area contributed by atoms with E-state index in [1.54, 1.807) is 11.8 Å². The predicted molar refractivity (Wildman–Crippen MR) is 71.8 cm³/mol. The highest BCUT2D eigenvalue weighted by Crippen LogP contribution is 2.32. The Balaban J connectivity index is 2.28. The number of rotatable bonds is 3. The molecule has 2 rings (SSSR count). The molecule has 18 heavy (non-hydrogen) atoms. The number of hydrogen-bond donors (Lipinski definition) is 2. The summed E-state index contributed by atoms with van der Waals surface area (Å²) in [5.74, 6) is -1.51. The van der Waals surface area contributed by atoms with Crippen molar-refractivity contribution in [3.63, 3.8) is 0 Å². The number of aliphatic carboxylic acids is 1. The van der Waals surface area contributed by atoms with Gasteiger partial charge in [0.15, 0.2) is 0 Å². The van der Waals surface area contributed by atoms with E-state index in [9.17, 15) is 9.59 Å². The van der Waals surface area contributed by atoms with Crippen LogP contribution in [0.15, 0.2) is 22.7 Å². The first-order chi connectivity index (χ1) is 8.47. The van der Waals surface area contributed by atoms with Crippen molar-refractivity contribution in [2.75, 3.05) is 23.3 Å². The van der Waals surface area contributed by atoms with E-state index < -0.39 is 11.9 Å². The summed E-state index contributed by atoms with van der Waals surface area (Å²) in [4.78, 5) is 24.3. The Morgan fingerprint density at radius 2 is 2.33 bits per heavy atom. The Hall–Kier alpha value is -1.56. The lowest BCUT2D eigenvalue weighted by molar-refractivity contribution is -0.140. The summed E-state index contributed by atoms with van der Waals surface area (Å²) < 4.78 is 0.870. The molecule has 2 N–H and O–H groups in total. The number of fused-ring (bicyclic) bond motifs is 1. The predicted octanol–water partition coefficient (Wildman–Crippen LogP) is 1.93. The molecule has 1 aromatic rings. The molecule has 1 heterocycles. The molecule has 0 aromatic heterocycles. The van der Waals surface area contributed by atoms with E-state index in [2.05, 4.69) is 21.2 Å². The lowest BCUT2D eigenvalue weighted by atomic mass is 10.1. The van der Waals surface area contributed by atoms with Gasteiger partial charge in [-0.15, -0.1) is 0 Å². The van der Waals surface area contributed by atoms with Crippen LogP contribution in [0, 0.1) is 5.92 Å². The third-order valence-corrected chi connectivity index (χ3v) is 3.32. The third kappa shape index (κ3) is 2.64. The second kappa shape index (κ2) is 4.97. The van der Waals surface area contributed by atoms with Gasteiger partial charge in [-0.1, -0.05) is 22.9 Å². The molecule has 1 aliphatic rings. The monoisotopic (exact) mass is 312 g/mol. The molecular weight excluding hydrogens is 300 g/mol. The lowest BCUT2D eigenvalue weighted by Crippen LogP contribution is -2.41. The summed E-state index contributed by atoms with van der Waals surface area (Å²) in [5, 5.41) is 11.7. The molecule has 0 fully saturated rings. The van der Waals surface area contributed by atoms with Gasteiger partial charge < -0.3 is 15.3 Å². The first-order valence-electron chi connectivity index (χ1n) is 5.54. The van der Waals surface area contributed by atoms with Gasteiger partial charge in [-0.3, -0.25) is 9.59 Å². The van der Waals surface area contributed by atoms with Gasteiger partial charge in [-0.2, -0.15) is 0 Å². The van der Waals surface area contributed by atoms with Crippen molar-refractivity contribution in [2.24, 2.45) is 5.92 Å². The van der Waals surface area contributed by atoms with Crippen molar-refractivity contribution in [1.82, 2.24) is 0 Å². The van der Waals surface area contributed by atoms with Crippen molar-refractivity contribution in [2.45, 2.75) is 6.92 Å². The van der Waals surface area contributed by atoms with Crippen LogP contribution < -0.4 is 10.2 Å². The number of nitrogens with zero attached hydrogens (tertiary/aromatic N) is 1. The minimum atomic E-state index is -0.861. The fourth-order valence-electron chi connectivity index (χ4n) is 1.90. The number of halogens is 1. The molecule has 0 spiro atoms. The Morgan fingerprint density at radius 3 is 3.00 bits per heavy atom. The topological polar surface area (TPSA) is 69.6 Å². The van der Waals surface area contributed by atoms with Crippen LogP contribution >= 0.6 is 15.9 Å². The van der Waals surface area contributed by atoms with Crippen molar-refractivity contribution < 1.29 is 14.7 Å². The minimum Gasteiger partial charge on any atom is -0.481 e. The number of benzene rings is 1. The van der Waals surface area contributed by atoms with Crippen LogP contribution in [0.25, 0.3) is 0 Å². The van der Waals surface area contributed by atoms with Crippen molar-refractivity contribution in [3.05, 3.63) is 22.7 Å². The molecule has 0 saturated heterocycles. The maximum Gasteiger partial charge on any atom is 0.308 e. The molecule has 6 heteroatoms. The van der Waals surface area contributed by atoms with Crippen LogP contribution in [0.5, 0.6) is 0 Å². The van der Waals surface area contributed by atoms with E-state index in [1.165, 1.54) is 0 Å². The van der Waals surface area contributed by atoms with Crippen LogP contribution in [0.2, 0.25) is 0 Å². The molecular formula is C12H13BrN2O3. The maximum atomic E-state index is 11.6. The van der Waals surface area contributed by atoms with E-state index in [0.717, 1.165) is 10.2 Å². The number of nitrogens with one attached hydrogen (secondary N) is 1. The van der Waals surface area contributed by atoms with Crippen molar-refractivity contribution in [1.29, 1.82) is 0 Å². The highest BCUT2D eigenvalue weighted by atomic mass is 79.9. The van der Waals surface area contributed by atoms with Crippen LogP contribution in [-0.4, -0.2) is 30.1 Å². The summed E-state index contributed by atoms with van der Waals surface area (Å²) in [6.07, 6.45) is 0.